The zero-order valence-electron chi connectivity index (χ0n) is 42.5. The molecule has 0 bridgehead atoms. The Morgan fingerprint density at radius 3 is 0.973 bits per heavy atom. The summed E-state index contributed by atoms with van der Waals surface area (Å²) < 4.78 is 0. The van der Waals surface area contributed by atoms with Gasteiger partial charge in [-0.25, -0.2) is 14.9 Å². The van der Waals surface area contributed by atoms with E-state index in [0.717, 1.165) is 44.6 Å². The summed E-state index contributed by atoms with van der Waals surface area (Å²) in [5, 5.41) is 0. The van der Waals surface area contributed by atoms with E-state index in [4.69, 9.17) is 29.9 Å². The maximum absolute atomic E-state index is 5.36. The van der Waals surface area contributed by atoms with Crippen molar-refractivity contribution in [2.75, 3.05) is 4.90 Å². The third kappa shape index (κ3) is 9.76. The van der Waals surface area contributed by atoms with Crippen LogP contribution in [0, 0.1) is 41.5 Å². The van der Waals surface area contributed by atoms with Crippen molar-refractivity contribution in [1.29, 1.82) is 0 Å². The van der Waals surface area contributed by atoms with Crippen molar-refractivity contribution in [2.24, 2.45) is 0 Å². The van der Waals surface area contributed by atoms with Crippen LogP contribution >= 0.6 is 0 Å². The molecule has 7 heteroatoms. The van der Waals surface area contributed by atoms with E-state index in [1.54, 1.807) is 0 Å². The van der Waals surface area contributed by atoms with Crippen molar-refractivity contribution in [2.45, 2.75) is 47.5 Å². The average molecular weight is 958 g/mol. The molecule has 0 saturated carbocycles. The molecule has 11 aromatic rings. The molecule has 0 N–H and O–H groups in total. The molecule has 0 aliphatic carbocycles. The van der Waals surface area contributed by atoms with Crippen LogP contribution in [0.4, 0.5) is 17.6 Å². The second-order valence-corrected chi connectivity index (χ2v) is 19.2. The van der Waals surface area contributed by atoms with Gasteiger partial charge in [0.1, 0.15) is 0 Å². The lowest BCUT2D eigenvalue weighted by atomic mass is 9.77. The van der Waals surface area contributed by atoms with Gasteiger partial charge < -0.3 is 0 Å². The van der Waals surface area contributed by atoms with Crippen LogP contribution in [0.1, 0.15) is 56.0 Å². The van der Waals surface area contributed by atoms with Crippen molar-refractivity contribution >= 4 is 17.6 Å². The molecular formula is C67H55N7. The first kappa shape index (κ1) is 47.1. The lowest BCUT2D eigenvalue weighted by Gasteiger charge is -2.28. The van der Waals surface area contributed by atoms with Gasteiger partial charge in [-0.15, -0.1) is 0 Å². The van der Waals surface area contributed by atoms with Gasteiger partial charge in [0.05, 0.1) is 5.69 Å². The van der Waals surface area contributed by atoms with Gasteiger partial charge in [0.2, 0.25) is 11.9 Å². The summed E-state index contributed by atoms with van der Waals surface area (Å²) in [5.74, 6) is 2.77. The monoisotopic (exact) mass is 957 g/mol. The molecule has 11 rings (SSSR count). The number of aromatic nitrogens is 6. The topological polar surface area (TPSA) is 80.6 Å². The third-order valence-corrected chi connectivity index (χ3v) is 13.7. The van der Waals surface area contributed by atoms with E-state index in [0.29, 0.717) is 35.2 Å². The molecule has 0 spiro atoms. The Morgan fingerprint density at radius 1 is 0.284 bits per heavy atom. The lowest BCUT2D eigenvalue weighted by molar-refractivity contribution is 0.917. The van der Waals surface area contributed by atoms with E-state index in [-0.39, 0.29) is 5.92 Å². The van der Waals surface area contributed by atoms with Crippen molar-refractivity contribution in [3.8, 4) is 67.8 Å². The number of rotatable bonds is 12. The Kier molecular flexibility index (Phi) is 13.1. The normalized spacial score (nSPS) is 11.2. The smallest absolute Gasteiger partial charge is 0.241 e. The highest BCUT2D eigenvalue weighted by atomic mass is 15.4. The first-order valence-electron chi connectivity index (χ1n) is 25.1. The lowest BCUT2D eigenvalue weighted by Crippen LogP contribution is -2.19. The fourth-order valence-electron chi connectivity index (χ4n) is 10.4. The molecule has 0 radical (unpaired) electrons. The number of hydrogen-bond acceptors (Lipinski definition) is 7. The van der Waals surface area contributed by atoms with E-state index >= 15 is 0 Å². The second-order valence-electron chi connectivity index (χ2n) is 19.2. The highest BCUT2D eigenvalue weighted by Crippen LogP contribution is 2.42. The van der Waals surface area contributed by atoms with Crippen LogP contribution in [0.15, 0.2) is 218 Å². The average Bonchev–Trinajstić information content (AvgIpc) is 3.43. The number of hydrogen-bond donors (Lipinski definition) is 0. The zero-order valence-corrected chi connectivity index (χ0v) is 42.5. The molecule has 2 heterocycles. The number of nitrogens with zero attached hydrogens (tertiary/aromatic N) is 7. The molecule has 0 amide bonds. The van der Waals surface area contributed by atoms with Gasteiger partial charge >= 0.3 is 0 Å². The van der Waals surface area contributed by atoms with Crippen molar-refractivity contribution in [3.05, 3.63) is 268 Å². The highest BCUT2D eigenvalue weighted by molar-refractivity contribution is 5.77. The third-order valence-electron chi connectivity index (χ3n) is 13.7. The molecule has 2 aromatic heterocycles. The summed E-state index contributed by atoms with van der Waals surface area (Å²) in [7, 11) is 0. The first-order chi connectivity index (χ1) is 36.1. The summed E-state index contributed by atoms with van der Waals surface area (Å²) in [6, 6.07) is 75.7. The van der Waals surface area contributed by atoms with Crippen molar-refractivity contribution in [1.82, 2.24) is 29.9 Å². The fraction of sp³-hybridized carbons (Fsp3) is 0.104. The second kappa shape index (κ2) is 20.5. The standard InChI is InChI=1S/C67H55N7/c1-43-38-45(3)59(46(4)39-43)61(60-47(5)40-44(2)41-48(60)6)51-34-36-58(37-35-51)74(66-70-62(52-22-13-8-14-23-52)68-63(71-66)53-24-15-9-16-25-53)67-72-64(54-26-17-10-18-27-54)69-65(73-67)55-32-30-50(31-33-55)57-29-19-28-56(42-57)49-20-11-7-12-21-49/h7-42,61H,1-6H3. The zero-order chi connectivity index (χ0) is 50.7. The molecule has 0 saturated heterocycles. The molecule has 0 atom stereocenters. The van der Waals surface area contributed by atoms with Crippen molar-refractivity contribution in [3.63, 3.8) is 0 Å². The minimum absolute atomic E-state index is 0.0255. The van der Waals surface area contributed by atoms with Crippen LogP contribution in [0.25, 0.3) is 67.8 Å². The van der Waals surface area contributed by atoms with Crippen LogP contribution in [0.2, 0.25) is 0 Å². The van der Waals surface area contributed by atoms with Crippen LogP contribution in [0.3, 0.4) is 0 Å². The Balaban J connectivity index is 1.11. The molecule has 0 unspecified atom stereocenters. The maximum Gasteiger partial charge on any atom is 0.241 e. The summed E-state index contributed by atoms with van der Waals surface area (Å²) >= 11 is 0. The van der Waals surface area contributed by atoms with Gasteiger partial charge in [0.15, 0.2) is 23.3 Å². The predicted octanol–water partition coefficient (Wildman–Crippen LogP) is 16.6. The van der Waals surface area contributed by atoms with E-state index in [9.17, 15) is 0 Å². The van der Waals surface area contributed by atoms with E-state index in [2.05, 4.69) is 163 Å². The Hall–Kier alpha value is -9.20. The quantitative estimate of drug-likeness (QED) is 0.113. The summed E-state index contributed by atoms with van der Waals surface area (Å²) in [6.45, 7) is 13.3. The molecule has 0 aliphatic rings. The van der Waals surface area contributed by atoms with Crippen LogP contribution in [0.5, 0.6) is 0 Å². The largest absolute Gasteiger partial charge is 0.246 e. The van der Waals surface area contributed by atoms with Crippen LogP contribution in [-0.4, -0.2) is 29.9 Å². The van der Waals surface area contributed by atoms with Crippen molar-refractivity contribution < 1.29 is 0 Å². The molecule has 7 nitrogen and oxygen atoms in total. The highest BCUT2D eigenvalue weighted by Gasteiger charge is 2.28. The Labute approximate surface area is 434 Å². The summed E-state index contributed by atoms with van der Waals surface area (Å²) in [6.07, 6.45) is 0. The molecule has 0 fully saturated rings. The van der Waals surface area contributed by atoms with Gasteiger partial charge in [-0.2, -0.15) is 19.9 Å². The van der Waals surface area contributed by atoms with Gasteiger partial charge in [0, 0.05) is 28.2 Å². The maximum atomic E-state index is 5.36. The SMILES string of the molecule is Cc1cc(C)c(C(c2ccc(N(c3nc(-c4ccccc4)nc(-c4ccccc4)n3)c3nc(-c4ccccc4)nc(-c4ccc(-c5cccc(-c6ccccc6)c5)cc4)n3)cc2)c2c(C)cc(C)cc2C)c(C)c1. The number of benzene rings is 9. The summed E-state index contributed by atoms with van der Waals surface area (Å²) in [4.78, 5) is 33.4. The molecule has 74 heavy (non-hydrogen) atoms. The molecule has 9 aromatic carbocycles. The van der Waals surface area contributed by atoms with E-state index in [1.165, 1.54) is 55.6 Å². The van der Waals surface area contributed by atoms with E-state index in [1.807, 2.05) is 102 Å². The number of anilines is 3. The van der Waals surface area contributed by atoms with Crippen LogP contribution < -0.4 is 4.90 Å². The minimum Gasteiger partial charge on any atom is -0.246 e. The summed E-state index contributed by atoms with van der Waals surface area (Å²) in [5.41, 5.74) is 20.1. The molecular weight excluding hydrogens is 903 g/mol. The first-order valence-corrected chi connectivity index (χ1v) is 25.1. The van der Waals surface area contributed by atoms with Crippen LogP contribution in [-0.2, 0) is 0 Å². The molecule has 0 aliphatic heterocycles. The minimum atomic E-state index is -0.0255. The van der Waals surface area contributed by atoms with Gasteiger partial charge in [-0.1, -0.05) is 211 Å². The Morgan fingerprint density at radius 2 is 0.595 bits per heavy atom. The fourth-order valence-corrected chi connectivity index (χ4v) is 10.4. The Bertz CT molecular complexity index is 3610. The predicted molar refractivity (Wildman–Crippen MR) is 303 cm³/mol. The van der Waals surface area contributed by atoms with Gasteiger partial charge in [-0.3, -0.25) is 0 Å². The van der Waals surface area contributed by atoms with Gasteiger partial charge in [0.25, 0.3) is 0 Å². The van der Waals surface area contributed by atoms with Gasteiger partial charge in [-0.05, 0) is 121 Å². The van der Waals surface area contributed by atoms with E-state index < -0.39 is 0 Å². The molecule has 358 valence electrons. The number of aryl methyl sites for hydroxylation is 6.